The van der Waals surface area contributed by atoms with Crippen LogP contribution in [-0.4, -0.2) is 4.33 Å². The van der Waals surface area contributed by atoms with Crippen molar-refractivity contribution in [2.75, 3.05) is 0 Å². The second-order valence-corrected chi connectivity index (χ2v) is 6.71. The van der Waals surface area contributed by atoms with Gasteiger partial charge in [0.05, 0.1) is 0 Å². The lowest BCUT2D eigenvalue weighted by atomic mass is 9.89. The SMILES string of the molecule is ClC1(Cl)[C@H]2C[C@H]3CC=CC[C@@H](C3)C[C@@H]21. The van der Waals surface area contributed by atoms with Gasteiger partial charge in [0.25, 0.3) is 0 Å². The normalized spacial score (nSPS) is 49.0. The van der Waals surface area contributed by atoms with Gasteiger partial charge < -0.3 is 0 Å². The first-order valence-electron chi connectivity index (χ1n) is 5.70. The van der Waals surface area contributed by atoms with Crippen LogP contribution < -0.4 is 0 Å². The largest absolute Gasteiger partial charge is 0.124 e. The summed E-state index contributed by atoms with van der Waals surface area (Å²) in [4.78, 5) is 0. The van der Waals surface area contributed by atoms with Gasteiger partial charge in [0, 0.05) is 0 Å². The minimum absolute atomic E-state index is 0.360. The van der Waals surface area contributed by atoms with Gasteiger partial charge in [-0.25, -0.2) is 0 Å². The summed E-state index contributed by atoms with van der Waals surface area (Å²) < 4.78 is -0.360. The number of halogens is 2. The van der Waals surface area contributed by atoms with Gasteiger partial charge in [0.2, 0.25) is 0 Å². The maximum Gasteiger partial charge on any atom is 0.124 e. The van der Waals surface area contributed by atoms with E-state index in [2.05, 4.69) is 12.2 Å². The number of fused-ring (bicyclic) bond motifs is 3. The summed E-state index contributed by atoms with van der Waals surface area (Å²) in [6.45, 7) is 0. The van der Waals surface area contributed by atoms with E-state index in [-0.39, 0.29) is 4.33 Å². The molecule has 0 radical (unpaired) electrons. The summed E-state index contributed by atoms with van der Waals surface area (Å²) in [5, 5.41) is 0. The lowest BCUT2D eigenvalue weighted by Crippen LogP contribution is -2.09. The van der Waals surface area contributed by atoms with Crippen molar-refractivity contribution >= 4 is 23.2 Å². The molecule has 78 valence electrons. The molecule has 14 heavy (non-hydrogen) atoms. The molecule has 2 bridgehead atoms. The second kappa shape index (κ2) is 3.15. The van der Waals surface area contributed by atoms with Crippen molar-refractivity contribution in [1.29, 1.82) is 0 Å². The lowest BCUT2D eigenvalue weighted by molar-refractivity contribution is 0.364. The van der Waals surface area contributed by atoms with Gasteiger partial charge in [0.15, 0.2) is 0 Å². The summed E-state index contributed by atoms with van der Waals surface area (Å²) in [7, 11) is 0. The van der Waals surface area contributed by atoms with Gasteiger partial charge in [-0.15, -0.1) is 23.2 Å². The number of allylic oxidation sites excluding steroid dienone is 2. The zero-order chi connectivity index (χ0) is 9.76. The Bertz CT molecular complexity index is 245. The number of hydrogen-bond acceptors (Lipinski definition) is 0. The van der Waals surface area contributed by atoms with Crippen LogP contribution in [-0.2, 0) is 0 Å². The van der Waals surface area contributed by atoms with E-state index in [4.69, 9.17) is 23.2 Å². The first kappa shape index (κ1) is 9.54. The molecule has 3 aliphatic carbocycles. The van der Waals surface area contributed by atoms with E-state index in [1.807, 2.05) is 0 Å². The zero-order valence-corrected chi connectivity index (χ0v) is 9.77. The Balaban J connectivity index is 1.81. The molecule has 0 aromatic rings. The summed E-state index contributed by atoms with van der Waals surface area (Å²) in [6, 6.07) is 0. The molecule has 0 aromatic carbocycles. The van der Waals surface area contributed by atoms with Crippen molar-refractivity contribution in [3.8, 4) is 0 Å². The summed E-state index contributed by atoms with van der Waals surface area (Å²) >= 11 is 12.6. The standard InChI is InChI=1S/C12H16Cl2/c13-12(14)10-6-8-3-1-2-4-9(5-8)7-11(10)12/h1-2,8-11H,3-7H2/t8-,9-,10-,11-/m0/s1. The number of alkyl halides is 2. The van der Waals surface area contributed by atoms with Crippen LogP contribution in [0, 0.1) is 23.7 Å². The van der Waals surface area contributed by atoms with Crippen molar-refractivity contribution in [3.63, 3.8) is 0 Å². The van der Waals surface area contributed by atoms with Crippen LogP contribution in [0.3, 0.4) is 0 Å². The summed E-state index contributed by atoms with van der Waals surface area (Å²) in [5.74, 6) is 2.92. The Hall–Kier alpha value is 0.320. The smallest absolute Gasteiger partial charge is 0.101 e. The van der Waals surface area contributed by atoms with E-state index >= 15 is 0 Å². The van der Waals surface area contributed by atoms with Crippen molar-refractivity contribution < 1.29 is 0 Å². The van der Waals surface area contributed by atoms with E-state index in [1.165, 1.54) is 32.1 Å². The molecule has 0 saturated heterocycles. The highest BCUT2D eigenvalue weighted by atomic mass is 35.5. The topological polar surface area (TPSA) is 0 Å². The highest BCUT2D eigenvalue weighted by Crippen LogP contribution is 2.66. The first-order valence-corrected chi connectivity index (χ1v) is 6.46. The summed E-state index contributed by atoms with van der Waals surface area (Å²) in [6.07, 6.45) is 11.2. The minimum atomic E-state index is -0.360. The highest BCUT2D eigenvalue weighted by molar-refractivity contribution is 6.51. The van der Waals surface area contributed by atoms with Crippen molar-refractivity contribution in [2.45, 2.75) is 36.4 Å². The molecule has 2 fully saturated rings. The van der Waals surface area contributed by atoms with Crippen molar-refractivity contribution in [2.24, 2.45) is 23.7 Å². The molecule has 0 nitrogen and oxygen atoms in total. The predicted octanol–water partition coefficient (Wildman–Crippen LogP) is 4.17. The third-order valence-electron chi connectivity index (χ3n) is 4.31. The highest BCUT2D eigenvalue weighted by Gasteiger charge is 2.63. The minimum Gasteiger partial charge on any atom is -0.101 e. The van der Waals surface area contributed by atoms with E-state index in [0.29, 0.717) is 11.8 Å². The van der Waals surface area contributed by atoms with Gasteiger partial charge >= 0.3 is 0 Å². The Morgan fingerprint density at radius 2 is 1.36 bits per heavy atom. The van der Waals surface area contributed by atoms with Gasteiger partial charge in [-0.05, 0) is 55.8 Å². The maximum atomic E-state index is 6.30. The van der Waals surface area contributed by atoms with Crippen LogP contribution in [0.4, 0.5) is 0 Å². The molecule has 3 aliphatic rings. The molecular formula is C12H16Cl2. The fourth-order valence-electron chi connectivity index (χ4n) is 3.45. The Kier molecular flexibility index (Phi) is 2.15. The van der Waals surface area contributed by atoms with Crippen LogP contribution in [0.15, 0.2) is 12.2 Å². The molecule has 0 amide bonds. The molecule has 0 spiro atoms. The Morgan fingerprint density at radius 1 is 0.857 bits per heavy atom. The van der Waals surface area contributed by atoms with Gasteiger partial charge in [0.1, 0.15) is 4.33 Å². The second-order valence-electron chi connectivity index (χ2n) is 5.27. The summed E-state index contributed by atoms with van der Waals surface area (Å²) in [5.41, 5.74) is 0. The molecule has 0 heterocycles. The van der Waals surface area contributed by atoms with Gasteiger partial charge in [-0.2, -0.15) is 0 Å². The molecule has 2 heteroatoms. The monoisotopic (exact) mass is 230 g/mol. The van der Waals surface area contributed by atoms with Gasteiger partial charge in [-0.3, -0.25) is 0 Å². The quantitative estimate of drug-likeness (QED) is 0.433. The molecule has 4 atom stereocenters. The molecule has 0 aromatic heterocycles. The van der Waals surface area contributed by atoms with Crippen molar-refractivity contribution in [3.05, 3.63) is 12.2 Å². The predicted molar refractivity (Wildman–Crippen MR) is 60.6 cm³/mol. The zero-order valence-electron chi connectivity index (χ0n) is 8.26. The van der Waals surface area contributed by atoms with Crippen LogP contribution in [0.25, 0.3) is 0 Å². The molecular weight excluding hydrogens is 215 g/mol. The van der Waals surface area contributed by atoms with E-state index in [9.17, 15) is 0 Å². The molecule has 0 unspecified atom stereocenters. The van der Waals surface area contributed by atoms with Crippen LogP contribution in [0.2, 0.25) is 0 Å². The van der Waals surface area contributed by atoms with Gasteiger partial charge in [-0.1, -0.05) is 12.2 Å². The first-order chi connectivity index (χ1) is 6.68. The van der Waals surface area contributed by atoms with Crippen LogP contribution in [0.1, 0.15) is 32.1 Å². The number of rotatable bonds is 0. The molecule has 0 aliphatic heterocycles. The molecule has 0 N–H and O–H groups in total. The van der Waals surface area contributed by atoms with E-state index < -0.39 is 0 Å². The van der Waals surface area contributed by atoms with E-state index in [1.54, 1.807) is 0 Å². The Morgan fingerprint density at radius 3 is 1.86 bits per heavy atom. The number of hydrogen-bond donors (Lipinski definition) is 0. The lowest BCUT2D eigenvalue weighted by Gasteiger charge is -2.18. The van der Waals surface area contributed by atoms with Crippen LogP contribution in [0.5, 0.6) is 0 Å². The average Bonchev–Trinajstić information content (AvgIpc) is 2.78. The third kappa shape index (κ3) is 1.42. The fraction of sp³-hybridized carbons (Fsp3) is 0.833. The Labute approximate surface area is 95.7 Å². The fourth-order valence-corrected chi connectivity index (χ4v) is 4.29. The maximum absolute atomic E-state index is 6.30. The molecule has 3 rings (SSSR count). The average molecular weight is 231 g/mol. The van der Waals surface area contributed by atoms with Crippen LogP contribution >= 0.6 is 23.2 Å². The molecule has 2 saturated carbocycles. The van der Waals surface area contributed by atoms with E-state index in [0.717, 1.165) is 11.8 Å². The van der Waals surface area contributed by atoms with Crippen molar-refractivity contribution in [1.82, 2.24) is 0 Å². The third-order valence-corrected chi connectivity index (χ3v) is 5.43.